The molecule has 0 saturated heterocycles. The first-order valence-corrected chi connectivity index (χ1v) is 5.51. The fourth-order valence-electron chi connectivity index (χ4n) is 1.19. The molecule has 1 aromatic carbocycles. The van der Waals surface area contributed by atoms with Crippen LogP contribution in [0, 0.1) is 0 Å². The number of hydrogen-bond donors (Lipinski definition) is 1. The summed E-state index contributed by atoms with van der Waals surface area (Å²) in [6.45, 7) is 0.483. The van der Waals surface area contributed by atoms with Gasteiger partial charge in [-0.2, -0.15) is 0 Å². The number of nitrogens with one attached hydrogen (secondary N) is 1. The second kappa shape index (κ2) is 4.70. The lowest BCUT2D eigenvalue weighted by atomic mass is 10.2. The number of amides is 1. The van der Waals surface area contributed by atoms with Crippen molar-refractivity contribution in [3.8, 4) is 0 Å². The molecule has 3 nitrogen and oxygen atoms in total. The summed E-state index contributed by atoms with van der Waals surface area (Å²) in [5, 5.41) is 4.73. The zero-order valence-corrected chi connectivity index (χ0v) is 8.83. The molecule has 1 amide bonds. The standard InChI is InChI=1S/C11H10N2OS/c14-11(9-4-2-1-3-5-9)12-6-10-7-15-8-13-10/h1-5,7-8H,6H2,(H,12,14). The highest BCUT2D eigenvalue weighted by atomic mass is 32.1. The predicted molar refractivity (Wildman–Crippen MR) is 59.7 cm³/mol. The van der Waals surface area contributed by atoms with Crippen LogP contribution in [-0.2, 0) is 6.54 Å². The van der Waals surface area contributed by atoms with Gasteiger partial charge in [0.15, 0.2) is 0 Å². The monoisotopic (exact) mass is 218 g/mol. The molecule has 0 aliphatic carbocycles. The molecular weight excluding hydrogens is 208 g/mol. The fraction of sp³-hybridized carbons (Fsp3) is 0.0909. The smallest absolute Gasteiger partial charge is 0.251 e. The second-order valence-electron chi connectivity index (χ2n) is 3.03. The third-order valence-electron chi connectivity index (χ3n) is 1.95. The Labute approximate surface area is 91.8 Å². The number of thiazole rings is 1. The zero-order chi connectivity index (χ0) is 10.5. The lowest BCUT2D eigenvalue weighted by molar-refractivity contribution is 0.0950. The molecule has 2 aromatic rings. The summed E-state index contributed by atoms with van der Waals surface area (Å²) in [6.07, 6.45) is 0. The van der Waals surface area contributed by atoms with E-state index in [1.807, 2.05) is 23.6 Å². The van der Waals surface area contributed by atoms with Crippen LogP contribution < -0.4 is 5.32 Å². The van der Waals surface area contributed by atoms with Gasteiger partial charge >= 0.3 is 0 Å². The minimum atomic E-state index is -0.0661. The van der Waals surface area contributed by atoms with E-state index in [9.17, 15) is 4.79 Å². The quantitative estimate of drug-likeness (QED) is 0.857. The van der Waals surface area contributed by atoms with Crippen LogP contribution in [0.15, 0.2) is 41.2 Å². The molecule has 0 aliphatic heterocycles. The van der Waals surface area contributed by atoms with Gasteiger partial charge in [0.2, 0.25) is 0 Å². The number of aromatic nitrogens is 1. The van der Waals surface area contributed by atoms with Gasteiger partial charge in [0.25, 0.3) is 5.91 Å². The van der Waals surface area contributed by atoms with Crippen molar-refractivity contribution in [3.63, 3.8) is 0 Å². The van der Waals surface area contributed by atoms with Crippen LogP contribution in [0.3, 0.4) is 0 Å². The number of rotatable bonds is 3. The van der Waals surface area contributed by atoms with E-state index in [1.54, 1.807) is 17.6 Å². The van der Waals surface area contributed by atoms with Crippen molar-refractivity contribution in [2.45, 2.75) is 6.54 Å². The van der Waals surface area contributed by atoms with Crippen LogP contribution in [0.1, 0.15) is 16.1 Å². The Hall–Kier alpha value is -1.68. The van der Waals surface area contributed by atoms with Crippen molar-refractivity contribution in [1.82, 2.24) is 10.3 Å². The molecule has 0 fully saturated rings. The summed E-state index contributed by atoms with van der Waals surface area (Å²) >= 11 is 1.52. The van der Waals surface area contributed by atoms with E-state index in [0.29, 0.717) is 12.1 Å². The molecule has 0 unspecified atom stereocenters. The fourth-order valence-corrected chi connectivity index (χ4v) is 1.75. The largest absolute Gasteiger partial charge is 0.346 e. The molecule has 15 heavy (non-hydrogen) atoms. The van der Waals surface area contributed by atoms with Crippen LogP contribution in [0.4, 0.5) is 0 Å². The highest BCUT2D eigenvalue weighted by Crippen LogP contribution is 2.02. The predicted octanol–water partition coefficient (Wildman–Crippen LogP) is 2.07. The van der Waals surface area contributed by atoms with Crippen molar-refractivity contribution < 1.29 is 4.79 Å². The van der Waals surface area contributed by atoms with Crippen LogP contribution >= 0.6 is 11.3 Å². The van der Waals surface area contributed by atoms with Crippen LogP contribution in [-0.4, -0.2) is 10.9 Å². The first-order chi connectivity index (χ1) is 7.36. The van der Waals surface area contributed by atoms with Crippen molar-refractivity contribution in [2.24, 2.45) is 0 Å². The molecule has 0 spiro atoms. The Kier molecular flexibility index (Phi) is 3.09. The number of carbonyl (C=O) groups excluding carboxylic acids is 1. The topological polar surface area (TPSA) is 42.0 Å². The van der Waals surface area contributed by atoms with E-state index in [1.165, 1.54) is 11.3 Å². The van der Waals surface area contributed by atoms with Gasteiger partial charge in [-0.25, -0.2) is 4.98 Å². The Morgan fingerprint density at radius 3 is 2.80 bits per heavy atom. The van der Waals surface area contributed by atoms with Gasteiger partial charge in [0.1, 0.15) is 0 Å². The molecule has 1 N–H and O–H groups in total. The molecule has 0 atom stereocenters. The van der Waals surface area contributed by atoms with Crippen molar-refractivity contribution in [1.29, 1.82) is 0 Å². The summed E-state index contributed by atoms with van der Waals surface area (Å²) in [6, 6.07) is 9.15. The highest BCUT2D eigenvalue weighted by molar-refractivity contribution is 7.07. The van der Waals surface area contributed by atoms with Gasteiger partial charge in [-0.3, -0.25) is 4.79 Å². The number of nitrogens with zero attached hydrogens (tertiary/aromatic N) is 1. The molecule has 4 heteroatoms. The third-order valence-corrected chi connectivity index (χ3v) is 2.58. The van der Waals surface area contributed by atoms with E-state index in [2.05, 4.69) is 10.3 Å². The normalized spacial score (nSPS) is 9.87. The number of benzene rings is 1. The Morgan fingerprint density at radius 1 is 1.33 bits per heavy atom. The summed E-state index contributed by atoms with van der Waals surface area (Å²) in [5.74, 6) is -0.0661. The Morgan fingerprint density at radius 2 is 2.13 bits per heavy atom. The van der Waals surface area contributed by atoms with Gasteiger partial charge in [-0.1, -0.05) is 18.2 Å². The van der Waals surface area contributed by atoms with Gasteiger partial charge < -0.3 is 5.32 Å². The highest BCUT2D eigenvalue weighted by Gasteiger charge is 2.03. The summed E-state index contributed by atoms with van der Waals surface area (Å²) in [7, 11) is 0. The van der Waals surface area contributed by atoms with Crippen LogP contribution in [0.2, 0.25) is 0 Å². The van der Waals surface area contributed by atoms with E-state index in [-0.39, 0.29) is 5.91 Å². The summed E-state index contributed by atoms with van der Waals surface area (Å²) in [5.41, 5.74) is 3.32. The second-order valence-corrected chi connectivity index (χ2v) is 3.75. The van der Waals surface area contributed by atoms with E-state index >= 15 is 0 Å². The summed E-state index contributed by atoms with van der Waals surface area (Å²) < 4.78 is 0. The molecule has 0 radical (unpaired) electrons. The number of hydrogen-bond acceptors (Lipinski definition) is 3. The van der Waals surface area contributed by atoms with Gasteiger partial charge in [0, 0.05) is 10.9 Å². The maximum Gasteiger partial charge on any atom is 0.251 e. The van der Waals surface area contributed by atoms with Crippen molar-refractivity contribution in [2.75, 3.05) is 0 Å². The lowest BCUT2D eigenvalue weighted by Gasteiger charge is -2.02. The van der Waals surface area contributed by atoms with Crippen LogP contribution in [0.25, 0.3) is 0 Å². The molecule has 0 saturated carbocycles. The van der Waals surface area contributed by atoms with Crippen molar-refractivity contribution in [3.05, 3.63) is 52.5 Å². The van der Waals surface area contributed by atoms with Gasteiger partial charge in [-0.05, 0) is 12.1 Å². The maximum absolute atomic E-state index is 11.6. The minimum absolute atomic E-state index is 0.0661. The molecule has 1 aromatic heterocycles. The zero-order valence-electron chi connectivity index (χ0n) is 8.01. The molecule has 0 bridgehead atoms. The maximum atomic E-state index is 11.6. The third kappa shape index (κ3) is 2.63. The minimum Gasteiger partial charge on any atom is -0.346 e. The molecular formula is C11H10N2OS. The molecule has 2 rings (SSSR count). The number of carbonyl (C=O) groups is 1. The molecule has 0 aliphatic rings. The summed E-state index contributed by atoms with van der Waals surface area (Å²) in [4.78, 5) is 15.7. The first-order valence-electron chi connectivity index (χ1n) is 4.56. The molecule has 1 heterocycles. The Bertz CT molecular complexity index is 425. The van der Waals surface area contributed by atoms with E-state index in [0.717, 1.165) is 5.69 Å². The van der Waals surface area contributed by atoms with E-state index < -0.39 is 0 Å². The average Bonchev–Trinajstić information content (AvgIpc) is 2.80. The first kappa shape index (κ1) is 9.86. The lowest BCUT2D eigenvalue weighted by Crippen LogP contribution is -2.22. The van der Waals surface area contributed by atoms with E-state index in [4.69, 9.17) is 0 Å². The molecule has 76 valence electrons. The average molecular weight is 218 g/mol. The van der Waals surface area contributed by atoms with Gasteiger partial charge in [-0.15, -0.1) is 11.3 Å². The SMILES string of the molecule is O=C(NCc1cscn1)c1ccccc1. The van der Waals surface area contributed by atoms with Gasteiger partial charge in [0.05, 0.1) is 17.7 Å². The Balaban J connectivity index is 1.94. The van der Waals surface area contributed by atoms with Crippen LogP contribution in [0.5, 0.6) is 0 Å². The van der Waals surface area contributed by atoms with Crippen molar-refractivity contribution >= 4 is 17.2 Å².